The van der Waals surface area contributed by atoms with Gasteiger partial charge < -0.3 is 14.2 Å². The highest BCUT2D eigenvalue weighted by atomic mass is 32.1. The van der Waals surface area contributed by atoms with Crippen LogP contribution in [0, 0.1) is 6.92 Å². The van der Waals surface area contributed by atoms with Gasteiger partial charge in [-0.1, -0.05) is 49.6 Å². The topological polar surface area (TPSA) is 47.4 Å². The lowest BCUT2D eigenvalue weighted by atomic mass is 9.82. The van der Waals surface area contributed by atoms with Gasteiger partial charge in [-0.15, -0.1) is 11.3 Å². The van der Waals surface area contributed by atoms with Gasteiger partial charge in [-0.05, 0) is 73.2 Å². The number of fused-ring (bicyclic) bond motifs is 2. The van der Waals surface area contributed by atoms with E-state index in [-0.39, 0.29) is 5.91 Å². The number of carbonyl (C=O) groups is 1. The molecule has 5 aromatic rings. The molecule has 2 aliphatic rings. The fourth-order valence-corrected chi connectivity index (χ4v) is 7.48. The summed E-state index contributed by atoms with van der Waals surface area (Å²) in [6.07, 6.45) is 6.26. The minimum absolute atomic E-state index is 0.166. The van der Waals surface area contributed by atoms with E-state index in [1.54, 1.807) is 11.3 Å². The third-order valence-electron chi connectivity index (χ3n) is 8.64. The molecule has 40 heavy (non-hydrogen) atoms. The fraction of sp³-hybridized carbons (Fsp3) is 0.353. The van der Waals surface area contributed by atoms with E-state index in [0.717, 1.165) is 22.1 Å². The lowest BCUT2D eigenvalue weighted by Crippen LogP contribution is -2.42. The average Bonchev–Trinajstić information content (AvgIpc) is 3.59. The second kappa shape index (κ2) is 10.8. The summed E-state index contributed by atoms with van der Waals surface area (Å²) in [6.45, 7) is 5.03. The maximum absolute atomic E-state index is 13.6. The zero-order valence-electron chi connectivity index (χ0n) is 23.1. The Balaban J connectivity index is 1.37. The molecule has 1 amide bonds. The minimum Gasteiger partial charge on any atom is -0.378 e. The summed E-state index contributed by atoms with van der Waals surface area (Å²) in [5, 5.41) is 2.42. The molecular weight excluding hydrogens is 514 g/mol. The van der Waals surface area contributed by atoms with Crippen LogP contribution in [0.2, 0.25) is 0 Å². The van der Waals surface area contributed by atoms with Gasteiger partial charge in [0.2, 0.25) is 5.91 Å². The van der Waals surface area contributed by atoms with Crippen molar-refractivity contribution < 1.29 is 9.53 Å². The molecule has 0 unspecified atom stereocenters. The SMILES string of the molecule is Cc1ccc(-c2ccc3cc(-c4c(C5CCCCC5)c5ccccc5n4CC(=O)N4CCOCC4)ccc3n2)s1. The van der Waals surface area contributed by atoms with Crippen molar-refractivity contribution in [2.24, 2.45) is 0 Å². The molecule has 0 radical (unpaired) electrons. The molecule has 0 atom stereocenters. The Bertz CT molecular complexity index is 1690. The van der Waals surface area contributed by atoms with Gasteiger partial charge in [0.15, 0.2) is 0 Å². The summed E-state index contributed by atoms with van der Waals surface area (Å²) < 4.78 is 7.82. The predicted octanol–water partition coefficient (Wildman–Crippen LogP) is 7.80. The van der Waals surface area contributed by atoms with E-state index in [4.69, 9.17) is 9.72 Å². The largest absolute Gasteiger partial charge is 0.378 e. The molecule has 3 aromatic heterocycles. The Morgan fingerprint density at radius 3 is 2.60 bits per heavy atom. The summed E-state index contributed by atoms with van der Waals surface area (Å²) >= 11 is 1.78. The van der Waals surface area contributed by atoms with Gasteiger partial charge in [-0.25, -0.2) is 4.98 Å². The lowest BCUT2D eigenvalue weighted by Gasteiger charge is -2.28. The smallest absolute Gasteiger partial charge is 0.242 e. The van der Waals surface area contributed by atoms with E-state index >= 15 is 0 Å². The number of nitrogens with zero attached hydrogens (tertiary/aromatic N) is 3. The number of hydrogen-bond donors (Lipinski definition) is 0. The van der Waals surface area contributed by atoms with Crippen molar-refractivity contribution >= 4 is 39.0 Å². The Hall–Kier alpha value is -3.48. The second-order valence-corrected chi connectivity index (χ2v) is 12.5. The number of amides is 1. The van der Waals surface area contributed by atoms with Crippen molar-refractivity contribution in [2.45, 2.75) is 51.5 Å². The van der Waals surface area contributed by atoms with Crippen LogP contribution < -0.4 is 0 Å². The number of para-hydroxylation sites is 1. The van der Waals surface area contributed by atoms with E-state index in [0.29, 0.717) is 38.8 Å². The number of aryl methyl sites for hydroxylation is 1. The monoisotopic (exact) mass is 549 g/mol. The second-order valence-electron chi connectivity index (χ2n) is 11.2. The van der Waals surface area contributed by atoms with Gasteiger partial charge in [-0.2, -0.15) is 0 Å². The van der Waals surface area contributed by atoms with E-state index < -0.39 is 0 Å². The molecule has 1 aliphatic heterocycles. The Morgan fingerprint density at radius 2 is 1.80 bits per heavy atom. The summed E-state index contributed by atoms with van der Waals surface area (Å²) in [5.74, 6) is 0.672. The molecule has 0 bridgehead atoms. The van der Waals surface area contributed by atoms with Gasteiger partial charge >= 0.3 is 0 Å². The van der Waals surface area contributed by atoms with Crippen molar-refractivity contribution in [3.63, 3.8) is 0 Å². The molecule has 6 heteroatoms. The van der Waals surface area contributed by atoms with Crippen LogP contribution in [0.5, 0.6) is 0 Å². The molecule has 204 valence electrons. The van der Waals surface area contributed by atoms with Crippen LogP contribution >= 0.6 is 11.3 Å². The number of thiophene rings is 1. The molecule has 7 rings (SSSR count). The zero-order chi connectivity index (χ0) is 27.1. The summed E-state index contributed by atoms with van der Waals surface area (Å²) in [6, 6.07) is 24.0. The highest BCUT2D eigenvalue weighted by molar-refractivity contribution is 7.15. The Kier molecular flexibility index (Phi) is 6.90. The predicted molar refractivity (Wildman–Crippen MR) is 164 cm³/mol. The van der Waals surface area contributed by atoms with Crippen molar-refractivity contribution in [1.82, 2.24) is 14.5 Å². The van der Waals surface area contributed by atoms with Crippen LogP contribution in [0.3, 0.4) is 0 Å². The van der Waals surface area contributed by atoms with Crippen LogP contribution in [0.15, 0.2) is 66.7 Å². The summed E-state index contributed by atoms with van der Waals surface area (Å²) in [4.78, 5) is 23.1. The molecule has 5 nitrogen and oxygen atoms in total. The maximum atomic E-state index is 13.6. The highest BCUT2D eigenvalue weighted by Gasteiger charge is 2.28. The molecule has 0 spiro atoms. The number of benzene rings is 2. The fourth-order valence-electron chi connectivity index (χ4n) is 6.64. The van der Waals surface area contributed by atoms with Crippen molar-refractivity contribution in [3.05, 3.63) is 77.2 Å². The van der Waals surface area contributed by atoms with Gasteiger partial charge in [0.25, 0.3) is 0 Å². The Morgan fingerprint density at radius 1 is 0.975 bits per heavy atom. The first-order valence-electron chi connectivity index (χ1n) is 14.6. The first-order chi connectivity index (χ1) is 19.7. The van der Waals surface area contributed by atoms with Gasteiger partial charge in [0.05, 0.1) is 35.0 Å². The quantitative estimate of drug-likeness (QED) is 0.225. The summed E-state index contributed by atoms with van der Waals surface area (Å²) in [5.41, 5.74) is 6.96. The van der Waals surface area contributed by atoms with Crippen LogP contribution in [0.25, 0.3) is 43.6 Å². The molecule has 4 heterocycles. The van der Waals surface area contributed by atoms with E-state index in [1.165, 1.54) is 64.1 Å². The van der Waals surface area contributed by atoms with Crippen LogP contribution in [0.4, 0.5) is 0 Å². The third-order valence-corrected chi connectivity index (χ3v) is 9.66. The maximum Gasteiger partial charge on any atom is 0.242 e. The summed E-state index contributed by atoms with van der Waals surface area (Å²) in [7, 11) is 0. The molecule has 1 saturated carbocycles. The van der Waals surface area contributed by atoms with E-state index in [2.05, 4.69) is 78.2 Å². The number of carbonyl (C=O) groups excluding carboxylic acids is 1. The average molecular weight is 550 g/mol. The first-order valence-corrected chi connectivity index (χ1v) is 15.4. The van der Waals surface area contributed by atoms with Crippen LogP contribution in [-0.2, 0) is 16.1 Å². The van der Waals surface area contributed by atoms with Crippen molar-refractivity contribution in [3.8, 4) is 21.8 Å². The molecular formula is C34H35N3O2S. The molecule has 1 aliphatic carbocycles. The number of aromatic nitrogens is 2. The van der Waals surface area contributed by atoms with Gasteiger partial charge in [0.1, 0.15) is 6.54 Å². The first kappa shape index (κ1) is 25.5. The number of morpholine rings is 1. The van der Waals surface area contributed by atoms with Gasteiger partial charge in [0, 0.05) is 34.3 Å². The third kappa shape index (κ3) is 4.73. The lowest BCUT2D eigenvalue weighted by molar-refractivity contribution is -0.135. The van der Waals surface area contributed by atoms with Crippen molar-refractivity contribution in [1.29, 1.82) is 0 Å². The highest BCUT2D eigenvalue weighted by Crippen LogP contribution is 2.44. The van der Waals surface area contributed by atoms with Gasteiger partial charge in [-0.3, -0.25) is 4.79 Å². The number of pyridine rings is 1. The minimum atomic E-state index is 0.166. The molecule has 0 N–H and O–H groups in total. The van der Waals surface area contributed by atoms with Crippen LogP contribution in [0.1, 0.15) is 48.5 Å². The Labute approximate surface area is 239 Å². The zero-order valence-corrected chi connectivity index (χ0v) is 23.9. The van der Waals surface area contributed by atoms with E-state index in [9.17, 15) is 4.79 Å². The van der Waals surface area contributed by atoms with Crippen LogP contribution in [-0.4, -0.2) is 46.7 Å². The standard InChI is InChI=1S/C34H35N3O2S/c1-23-11-16-31(40-23)29-15-12-25-21-26(13-14-28(25)35-29)34-33(24-7-3-2-4-8-24)27-9-5-6-10-30(27)37(34)22-32(38)36-17-19-39-20-18-36/h5-6,9-16,21,24H,2-4,7-8,17-20,22H2,1H3. The number of ether oxygens (including phenoxy) is 1. The normalized spacial score (nSPS) is 16.7. The van der Waals surface area contributed by atoms with E-state index in [1.807, 2.05) is 4.90 Å². The molecule has 2 aromatic carbocycles. The van der Waals surface area contributed by atoms with Crippen molar-refractivity contribution in [2.75, 3.05) is 26.3 Å². The number of rotatable bonds is 5. The molecule has 1 saturated heterocycles. The molecule has 2 fully saturated rings. The number of hydrogen-bond acceptors (Lipinski definition) is 4.